The number of thioether (sulfide) groups is 1. The number of carbonyl (C=O) groups is 1. The van der Waals surface area contributed by atoms with Gasteiger partial charge in [0, 0.05) is 21.7 Å². The third kappa shape index (κ3) is 4.56. The van der Waals surface area contributed by atoms with Gasteiger partial charge in [0.15, 0.2) is 4.34 Å². The predicted molar refractivity (Wildman–Crippen MR) is 98.3 cm³/mol. The van der Waals surface area contributed by atoms with Crippen LogP contribution in [0.1, 0.15) is 0 Å². The molecule has 0 radical (unpaired) electrons. The first kappa shape index (κ1) is 17.0. The van der Waals surface area contributed by atoms with E-state index in [-0.39, 0.29) is 17.5 Å². The van der Waals surface area contributed by atoms with E-state index in [1.165, 1.54) is 47.4 Å². The highest BCUT2D eigenvalue weighted by atomic mass is 35.5. The first-order chi connectivity index (χ1) is 11.6. The van der Waals surface area contributed by atoms with Gasteiger partial charge in [-0.3, -0.25) is 4.79 Å². The average molecular weight is 379 g/mol. The smallest absolute Gasteiger partial charge is 0.234 e. The Balaban J connectivity index is 1.56. The standard InChI is InChI=1S/C17H12ClFN2OS2/c18-12-3-1-11(2-4-12)15-9-23-17(21-15)24-10-16(22)20-14-7-5-13(19)6-8-14/h1-9H,10H2,(H,20,22). The Morgan fingerprint density at radius 1 is 1.17 bits per heavy atom. The van der Waals surface area contributed by atoms with Gasteiger partial charge in [-0.1, -0.05) is 35.5 Å². The van der Waals surface area contributed by atoms with Crippen LogP contribution in [0.15, 0.2) is 58.3 Å². The van der Waals surface area contributed by atoms with Gasteiger partial charge in [-0.25, -0.2) is 9.37 Å². The van der Waals surface area contributed by atoms with Crippen LogP contribution in [0.25, 0.3) is 11.3 Å². The van der Waals surface area contributed by atoms with Crippen LogP contribution in [0.4, 0.5) is 10.1 Å². The third-order valence-electron chi connectivity index (χ3n) is 3.08. The lowest BCUT2D eigenvalue weighted by atomic mass is 10.2. The summed E-state index contributed by atoms with van der Waals surface area (Å²) in [6.45, 7) is 0. The second kappa shape index (κ2) is 7.79. The average Bonchev–Trinajstić information content (AvgIpc) is 3.05. The lowest BCUT2D eigenvalue weighted by molar-refractivity contribution is -0.113. The van der Waals surface area contributed by atoms with Crippen molar-refractivity contribution in [1.82, 2.24) is 4.98 Å². The first-order valence-corrected chi connectivity index (χ1v) is 9.24. The monoisotopic (exact) mass is 378 g/mol. The molecular formula is C17H12ClFN2OS2. The van der Waals surface area contributed by atoms with E-state index in [1.807, 2.05) is 29.6 Å². The molecule has 0 fully saturated rings. The molecule has 3 nitrogen and oxygen atoms in total. The van der Waals surface area contributed by atoms with E-state index in [1.54, 1.807) is 0 Å². The molecule has 0 saturated carbocycles. The Morgan fingerprint density at radius 3 is 2.58 bits per heavy atom. The number of amides is 1. The molecule has 7 heteroatoms. The molecule has 0 saturated heterocycles. The Morgan fingerprint density at radius 2 is 1.88 bits per heavy atom. The summed E-state index contributed by atoms with van der Waals surface area (Å²) in [5.74, 6) is -0.250. The minimum atomic E-state index is -0.333. The number of aromatic nitrogens is 1. The van der Waals surface area contributed by atoms with Crippen LogP contribution >= 0.6 is 34.7 Å². The Labute approximate surface area is 151 Å². The van der Waals surface area contributed by atoms with E-state index >= 15 is 0 Å². The quantitative estimate of drug-likeness (QED) is 0.610. The van der Waals surface area contributed by atoms with Crippen molar-refractivity contribution >= 4 is 46.3 Å². The van der Waals surface area contributed by atoms with Crippen LogP contribution in [-0.2, 0) is 4.79 Å². The maximum atomic E-state index is 12.8. The second-order valence-corrected chi connectivity index (χ2v) is 7.37. The van der Waals surface area contributed by atoms with Crippen LogP contribution in [0, 0.1) is 5.82 Å². The molecule has 24 heavy (non-hydrogen) atoms. The van der Waals surface area contributed by atoms with E-state index in [4.69, 9.17) is 11.6 Å². The van der Waals surface area contributed by atoms with Crippen LogP contribution in [0.2, 0.25) is 5.02 Å². The lowest BCUT2D eigenvalue weighted by Crippen LogP contribution is -2.13. The highest BCUT2D eigenvalue weighted by molar-refractivity contribution is 8.01. The zero-order chi connectivity index (χ0) is 16.9. The summed E-state index contributed by atoms with van der Waals surface area (Å²) in [7, 11) is 0. The SMILES string of the molecule is O=C(CSc1nc(-c2ccc(Cl)cc2)cs1)Nc1ccc(F)cc1. The number of hydrogen-bond donors (Lipinski definition) is 1. The fourth-order valence-electron chi connectivity index (χ4n) is 1.93. The Kier molecular flexibility index (Phi) is 5.50. The van der Waals surface area contributed by atoms with Crippen molar-refractivity contribution in [1.29, 1.82) is 0 Å². The van der Waals surface area contributed by atoms with Crippen molar-refractivity contribution in [3.05, 3.63) is 64.8 Å². The Hall–Kier alpha value is -1.89. The van der Waals surface area contributed by atoms with Gasteiger partial charge in [0.05, 0.1) is 11.4 Å². The summed E-state index contributed by atoms with van der Waals surface area (Å²) in [5, 5.41) is 5.35. The van der Waals surface area contributed by atoms with E-state index in [0.717, 1.165) is 15.6 Å². The summed E-state index contributed by atoms with van der Waals surface area (Å²) in [6, 6.07) is 13.1. The third-order valence-corrected chi connectivity index (χ3v) is 5.35. The number of anilines is 1. The van der Waals surface area contributed by atoms with Crippen LogP contribution in [0.5, 0.6) is 0 Å². The molecule has 0 aliphatic rings. The van der Waals surface area contributed by atoms with Gasteiger partial charge in [0.25, 0.3) is 0 Å². The molecule has 122 valence electrons. The molecule has 1 N–H and O–H groups in total. The molecule has 1 amide bonds. The van der Waals surface area contributed by atoms with E-state index < -0.39 is 0 Å². The van der Waals surface area contributed by atoms with Crippen molar-refractivity contribution in [2.75, 3.05) is 11.1 Å². The van der Waals surface area contributed by atoms with Gasteiger partial charge in [0.1, 0.15) is 5.82 Å². The number of carbonyl (C=O) groups excluding carboxylic acids is 1. The van der Waals surface area contributed by atoms with E-state index in [0.29, 0.717) is 10.7 Å². The van der Waals surface area contributed by atoms with Crippen molar-refractivity contribution < 1.29 is 9.18 Å². The van der Waals surface area contributed by atoms with Crippen molar-refractivity contribution in [3.63, 3.8) is 0 Å². The Bertz CT molecular complexity index is 835. The van der Waals surface area contributed by atoms with Crippen molar-refractivity contribution in [3.8, 4) is 11.3 Å². The zero-order valence-electron chi connectivity index (χ0n) is 12.3. The van der Waals surface area contributed by atoms with Gasteiger partial charge >= 0.3 is 0 Å². The molecule has 0 atom stereocenters. The highest BCUT2D eigenvalue weighted by Gasteiger charge is 2.08. The minimum Gasteiger partial charge on any atom is -0.325 e. The van der Waals surface area contributed by atoms with E-state index in [9.17, 15) is 9.18 Å². The number of rotatable bonds is 5. The molecule has 1 heterocycles. The predicted octanol–water partition coefficient (Wildman–Crippen LogP) is 5.33. The zero-order valence-corrected chi connectivity index (χ0v) is 14.7. The molecule has 3 rings (SSSR count). The number of benzene rings is 2. The van der Waals surface area contributed by atoms with Crippen LogP contribution < -0.4 is 5.32 Å². The molecular weight excluding hydrogens is 367 g/mol. The maximum Gasteiger partial charge on any atom is 0.234 e. The maximum absolute atomic E-state index is 12.8. The lowest BCUT2D eigenvalue weighted by Gasteiger charge is -2.03. The van der Waals surface area contributed by atoms with Gasteiger partial charge < -0.3 is 5.32 Å². The van der Waals surface area contributed by atoms with Crippen LogP contribution in [-0.4, -0.2) is 16.6 Å². The molecule has 0 unspecified atom stereocenters. The normalized spacial score (nSPS) is 10.6. The summed E-state index contributed by atoms with van der Waals surface area (Å²) in [5.41, 5.74) is 2.42. The number of hydrogen-bond acceptors (Lipinski definition) is 4. The minimum absolute atomic E-state index is 0.158. The second-order valence-electron chi connectivity index (χ2n) is 4.85. The summed E-state index contributed by atoms with van der Waals surface area (Å²) < 4.78 is 13.6. The van der Waals surface area contributed by atoms with Crippen molar-refractivity contribution in [2.45, 2.75) is 4.34 Å². The fraction of sp³-hybridized carbons (Fsp3) is 0.0588. The fourth-order valence-corrected chi connectivity index (χ4v) is 3.70. The molecule has 2 aromatic carbocycles. The topological polar surface area (TPSA) is 42.0 Å². The summed E-state index contributed by atoms with van der Waals surface area (Å²) in [4.78, 5) is 16.4. The van der Waals surface area contributed by atoms with Gasteiger partial charge in [0.2, 0.25) is 5.91 Å². The van der Waals surface area contributed by atoms with Crippen LogP contribution in [0.3, 0.4) is 0 Å². The number of thiazole rings is 1. The molecule has 0 spiro atoms. The number of halogens is 2. The molecule has 3 aromatic rings. The summed E-state index contributed by atoms with van der Waals surface area (Å²) >= 11 is 8.73. The largest absolute Gasteiger partial charge is 0.325 e. The number of nitrogens with zero attached hydrogens (tertiary/aromatic N) is 1. The van der Waals surface area contributed by atoms with Gasteiger partial charge in [-0.15, -0.1) is 11.3 Å². The van der Waals surface area contributed by atoms with Gasteiger partial charge in [-0.05, 0) is 36.4 Å². The molecule has 1 aromatic heterocycles. The molecule has 0 aliphatic carbocycles. The number of nitrogens with one attached hydrogen (secondary N) is 1. The van der Waals surface area contributed by atoms with E-state index in [2.05, 4.69) is 10.3 Å². The summed E-state index contributed by atoms with van der Waals surface area (Å²) in [6.07, 6.45) is 0. The first-order valence-electron chi connectivity index (χ1n) is 7.00. The van der Waals surface area contributed by atoms with Gasteiger partial charge in [-0.2, -0.15) is 0 Å². The molecule has 0 aliphatic heterocycles. The highest BCUT2D eigenvalue weighted by Crippen LogP contribution is 2.29. The molecule has 0 bridgehead atoms. The van der Waals surface area contributed by atoms with Crippen molar-refractivity contribution in [2.24, 2.45) is 0 Å².